The van der Waals surface area contributed by atoms with Gasteiger partial charge < -0.3 is 17.0 Å². The summed E-state index contributed by atoms with van der Waals surface area (Å²) in [4.78, 5) is 3.95. The van der Waals surface area contributed by atoms with Crippen LogP contribution in [0.1, 0.15) is 49.8 Å². The van der Waals surface area contributed by atoms with Crippen molar-refractivity contribution in [3.8, 4) is 0 Å². The molecule has 5 heterocycles. The van der Waals surface area contributed by atoms with Crippen LogP contribution in [0.3, 0.4) is 0 Å². The summed E-state index contributed by atoms with van der Waals surface area (Å²) >= 11 is 3.67. The quantitative estimate of drug-likeness (QED) is 0.382. The van der Waals surface area contributed by atoms with E-state index in [-0.39, 0.29) is 35.0 Å². The van der Waals surface area contributed by atoms with E-state index in [0.717, 1.165) is 11.3 Å². The number of fused-ring (bicyclic) bond motifs is 1. The molecule has 3 atom stereocenters. The summed E-state index contributed by atoms with van der Waals surface area (Å²) in [5.74, 6) is 0.264. The lowest BCUT2D eigenvalue weighted by atomic mass is 9.57. The lowest BCUT2D eigenvalue weighted by Gasteiger charge is -2.48. The lowest BCUT2D eigenvalue weighted by Crippen LogP contribution is -3.00. The lowest BCUT2D eigenvalue weighted by molar-refractivity contribution is -0.732. The minimum Gasteiger partial charge on any atom is -1.00 e. The highest BCUT2D eigenvalue weighted by molar-refractivity contribution is 7.13. The predicted octanol–water partition coefficient (Wildman–Crippen LogP) is 3.04. The van der Waals surface area contributed by atoms with E-state index in [9.17, 15) is 4.39 Å². The van der Waals surface area contributed by atoms with Gasteiger partial charge in [-0.3, -0.25) is 4.39 Å². The van der Waals surface area contributed by atoms with Gasteiger partial charge in [0.25, 0.3) is 0 Å². The van der Waals surface area contributed by atoms with Gasteiger partial charge >= 0.3 is 0 Å². The summed E-state index contributed by atoms with van der Waals surface area (Å²) in [7, 11) is 0. The molecule has 0 unspecified atom stereocenters. The summed E-state index contributed by atoms with van der Waals surface area (Å²) < 4.78 is 15.5. The van der Waals surface area contributed by atoms with Gasteiger partial charge in [-0.15, -0.1) is 22.7 Å². The normalized spacial score (nSPS) is 23.5. The number of hydrogen-bond acceptors (Lipinski definition) is 2. The Balaban J connectivity index is 0.00000193. The van der Waals surface area contributed by atoms with E-state index >= 15 is 0 Å². The molecule has 4 aromatic rings. The number of nitrogens with zero attached hydrogens (tertiary/aromatic N) is 1. The van der Waals surface area contributed by atoms with Crippen LogP contribution < -0.4 is 21.5 Å². The Kier molecular flexibility index (Phi) is 5.16. The van der Waals surface area contributed by atoms with Crippen molar-refractivity contribution in [2.24, 2.45) is 0 Å². The number of benzene rings is 1. The fraction of sp³-hybridized carbons (Fsp3) is 0.240. The van der Waals surface area contributed by atoms with Gasteiger partial charge in [-0.1, -0.05) is 36.4 Å². The summed E-state index contributed by atoms with van der Waals surface area (Å²) in [5, 5.41) is 2.19. The average molecular weight is 497 g/mol. The molecule has 5 heteroatoms. The van der Waals surface area contributed by atoms with Gasteiger partial charge in [0.1, 0.15) is 0 Å². The molecular weight excluding hydrogens is 476 g/mol. The maximum absolute atomic E-state index is 13.0. The van der Waals surface area contributed by atoms with Crippen molar-refractivity contribution >= 4 is 22.7 Å². The summed E-state index contributed by atoms with van der Waals surface area (Å²) in [5.41, 5.74) is 4.20. The largest absolute Gasteiger partial charge is 1.00 e. The molecule has 0 spiro atoms. The molecule has 0 radical (unpaired) electrons. The number of rotatable bonds is 4. The molecule has 3 aromatic heterocycles. The number of halogens is 2. The van der Waals surface area contributed by atoms with Gasteiger partial charge in [-0.2, -0.15) is 4.57 Å². The van der Waals surface area contributed by atoms with E-state index in [0.29, 0.717) is 12.5 Å². The van der Waals surface area contributed by atoms with Gasteiger partial charge in [0.2, 0.25) is 0 Å². The van der Waals surface area contributed by atoms with Crippen molar-refractivity contribution in [3.63, 3.8) is 0 Å². The fourth-order valence-electron chi connectivity index (χ4n) is 5.52. The molecule has 1 nitrogen and oxygen atoms in total. The smallest absolute Gasteiger partial charge is 0.190 e. The predicted molar refractivity (Wildman–Crippen MR) is 117 cm³/mol. The third-order valence-electron chi connectivity index (χ3n) is 6.63. The van der Waals surface area contributed by atoms with Crippen LogP contribution in [0.5, 0.6) is 0 Å². The molecule has 152 valence electrons. The van der Waals surface area contributed by atoms with Crippen LogP contribution in [0.4, 0.5) is 4.39 Å². The number of thiophene rings is 2. The van der Waals surface area contributed by atoms with Crippen molar-refractivity contribution in [2.45, 2.75) is 30.2 Å². The fourth-order valence-corrected chi connectivity index (χ4v) is 7.79. The first-order chi connectivity index (χ1) is 14.3. The van der Waals surface area contributed by atoms with Gasteiger partial charge in [0, 0.05) is 45.2 Å². The van der Waals surface area contributed by atoms with Gasteiger partial charge in [0.15, 0.2) is 17.9 Å². The summed E-state index contributed by atoms with van der Waals surface area (Å²) in [6.07, 6.45) is 3.80. The molecule has 0 amide bonds. The van der Waals surface area contributed by atoms with Gasteiger partial charge in [-0.25, -0.2) is 0 Å². The third-order valence-corrected chi connectivity index (χ3v) is 9.00. The zero-order valence-electron chi connectivity index (χ0n) is 16.3. The monoisotopic (exact) mass is 496 g/mol. The molecule has 7 rings (SSSR count). The van der Waals surface area contributed by atoms with Crippen LogP contribution in [0, 0.1) is 0 Å². The molecule has 3 aliphatic rings. The van der Waals surface area contributed by atoms with Gasteiger partial charge in [-0.05, 0) is 29.1 Å². The van der Waals surface area contributed by atoms with Crippen LogP contribution in [-0.4, -0.2) is 6.67 Å². The zero-order valence-corrected chi connectivity index (χ0v) is 19.5. The number of pyridine rings is 1. The molecule has 2 bridgehead atoms. The number of alkyl halides is 1. The average Bonchev–Trinajstić information content (AvgIpc) is 3.47. The Morgan fingerprint density at radius 1 is 0.933 bits per heavy atom. The van der Waals surface area contributed by atoms with Crippen molar-refractivity contribution in [3.05, 3.63) is 110 Å². The standard InChI is InChI=1S/C25H21FNS2.BrH/c26-13-12-17-10-11-23(29-17)25(22-9-5-15-28-22)16-21-18-6-1-2-7-19(18)24(25)20-8-3-4-14-27(20)21;/h1-11,14-15,21,24H,12-13,16H2;1H/q+1;/p-1/t21-,24+,25-;/m0./s1/i26-1;. The Labute approximate surface area is 194 Å². The molecule has 2 aliphatic heterocycles. The Hall–Kier alpha value is -1.82. The minimum atomic E-state index is -0.292. The molecule has 1 aromatic carbocycles. The maximum Gasteiger partial charge on any atom is 0.190 e. The van der Waals surface area contributed by atoms with Crippen LogP contribution in [0.15, 0.2) is 78.3 Å². The zero-order chi connectivity index (χ0) is 19.4. The first-order valence-electron chi connectivity index (χ1n) is 10.1. The van der Waals surface area contributed by atoms with E-state index in [1.807, 2.05) is 22.7 Å². The van der Waals surface area contributed by atoms with Gasteiger partial charge in [0.05, 0.1) is 18.0 Å². The molecule has 0 saturated carbocycles. The van der Waals surface area contributed by atoms with Crippen molar-refractivity contribution < 1.29 is 25.9 Å². The number of hydrogen-bond donors (Lipinski definition) is 0. The molecule has 0 N–H and O–H groups in total. The van der Waals surface area contributed by atoms with Crippen molar-refractivity contribution in [1.82, 2.24) is 0 Å². The second-order valence-electron chi connectivity index (χ2n) is 7.97. The molecule has 0 saturated heterocycles. The van der Waals surface area contributed by atoms with Crippen LogP contribution in [-0.2, 0) is 11.8 Å². The Bertz CT molecular complexity index is 1140. The topological polar surface area (TPSA) is 3.88 Å². The van der Waals surface area contributed by atoms with E-state index in [1.54, 1.807) is 0 Å². The number of aromatic nitrogens is 1. The first kappa shape index (κ1) is 20.1. The maximum atomic E-state index is 13.0. The van der Waals surface area contributed by atoms with E-state index in [2.05, 4.69) is 82.9 Å². The molecule has 1 aliphatic carbocycles. The highest BCUT2D eigenvalue weighted by atomic mass is 79.9. The first-order valence-corrected chi connectivity index (χ1v) is 11.8. The van der Waals surface area contributed by atoms with Crippen molar-refractivity contribution in [1.29, 1.82) is 0 Å². The highest BCUT2D eigenvalue weighted by Crippen LogP contribution is 2.61. The second kappa shape index (κ2) is 7.70. The Morgan fingerprint density at radius 2 is 1.77 bits per heavy atom. The van der Waals surface area contributed by atoms with Crippen LogP contribution in [0.2, 0.25) is 0 Å². The minimum absolute atomic E-state index is 0. The van der Waals surface area contributed by atoms with Crippen LogP contribution in [0.25, 0.3) is 0 Å². The molecular formula is C25H21BrFNS2. The van der Waals surface area contributed by atoms with Crippen LogP contribution >= 0.6 is 22.7 Å². The summed E-state index contributed by atoms with van der Waals surface area (Å²) in [6.45, 7) is -0.292. The van der Waals surface area contributed by atoms with E-state index in [4.69, 9.17) is 0 Å². The molecule has 30 heavy (non-hydrogen) atoms. The van der Waals surface area contributed by atoms with E-state index in [1.165, 1.54) is 26.6 Å². The third kappa shape index (κ3) is 2.72. The Morgan fingerprint density at radius 3 is 2.57 bits per heavy atom. The highest BCUT2D eigenvalue weighted by Gasteiger charge is 2.60. The second-order valence-corrected chi connectivity index (χ2v) is 10.1. The SMILES string of the molecule is [18F]CCc1ccc([C@@]2(c3cccs3)C[C@H]3c4ccccc4[C@@H]2c2cccc[n+]23)s1.[Br-]. The number of aryl methyl sites for hydroxylation is 1. The molecule has 0 fully saturated rings. The van der Waals surface area contributed by atoms with Crippen molar-refractivity contribution in [2.75, 3.05) is 6.67 Å². The van der Waals surface area contributed by atoms with E-state index < -0.39 is 0 Å². The summed E-state index contributed by atoms with van der Waals surface area (Å²) in [6, 6.07) is 24.8.